The molecule has 7 aromatic heterocycles. The van der Waals surface area contributed by atoms with Gasteiger partial charge in [-0.05, 0) is 116 Å². The summed E-state index contributed by atoms with van der Waals surface area (Å²) in [6.07, 6.45) is 3.99. The first-order chi connectivity index (χ1) is 66.3. The SMILES string of the molecule is CC(C)C[C@H](C)C(=O)O.COC(=O)C(Cc1[nH]nc2ccccc12)NC(=O)[C@@H](C)CC(C)C.COC(=O)C(Cc1[nH]nc2ccccc12)NC(=O)[C@@H](CC(=O)c1cc2c(OC)cccc2[nH]1)CC(C)C.COC(=O)C(Cc1[nH]nc2ccccc12)NC(=O)[C@@H](N)CC(C)C.COC(=O)C(N)Cc1[nH]nc2ccccc12.COc1cccc2[nH]c(C(=O)O)cc12.Cl.Cl.NC(Cc1[nH]nc2ccccc12)C(=O)O. The normalized spacial score (nSPS) is 12.8. The van der Waals surface area contributed by atoms with Crippen molar-refractivity contribution in [1.29, 1.82) is 0 Å². The van der Waals surface area contributed by atoms with E-state index in [2.05, 4.69) is 95.5 Å². The number of carbonyl (C=O) groups is 11. The van der Waals surface area contributed by atoms with E-state index in [0.717, 1.165) is 118 Å². The molecular formula is C101H130Cl2N18O20. The van der Waals surface area contributed by atoms with E-state index < -0.39 is 84.0 Å². The largest absolute Gasteiger partial charge is 0.496 e. The van der Waals surface area contributed by atoms with E-state index in [9.17, 15) is 52.7 Å². The maximum atomic E-state index is 13.4. The Labute approximate surface area is 827 Å². The molecule has 38 nitrogen and oxygen atoms in total. The molecule has 0 aliphatic rings. The van der Waals surface area contributed by atoms with Gasteiger partial charge in [0.2, 0.25) is 17.7 Å². The molecule has 141 heavy (non-hydrogen) atoms. The first-order valence-electron chi connectivity index (χ1n) is 45.4. The van der Waals surface area contributed by atoms with Gasteiger partial charge in [-0.3, -0.25) is 59.1 Å². The van der Waals surface area contributed by atoms with E-state index in [4.69, 9.17) is 56.2 Å². The number of nitrogens with one attached hydrogen (secondary N) is 10. The van der Waals surface area contributed by atoms with Crippen LogP contribution in [0.5, 0.6) is 11.5 Å². The summed E-state index contributed by atoms with van der Waals surface area (Å²) in [5.41, 5.74) is 27.2. The number of H-pyrrole nitrogens is 7. The van der Waals surface area contributed by atoms with Crippen molar-refractivity contribution in [2.75, 3.05) is 42.7 Å². The van der Waals surface area contributed by atoms with Gasteiger partial charge in [0, 0.05) is 128 Å². The lowest BCUT2D eigenvalue weighted by Gasteiger charge is -2.22. The van der Waals surface area contributed by atoms with Crippen molar-refractivity contribution in [1.82, 2.24) is 76.9 Å². The number of ketones is 1. The van der Waals surface area contributed by atoms with Gasteiger partial charge in [0.15, 0.2) is 5.78 Å². The van der Waals surface area contributed by atoms with Gasteiger partial charge in [-0.25, -0.2) is 19.2 Å². The lowest BCUT2D eigenvalue weighted by molar-refractivity contribution is -0.145. The van der Waals surface area contributed by atoms with E-state index >= 15 is 0 Å². The Morgan fingerprint density at radius 2 is 0.645 bits per heavy atom. The number of carboxylic acid groups (broad SMARTS) is 3. The molecule has 19 N–H and O–H groups in total. The van der Waals surface area contributed by atoms with Gasteiger partial charge in [0.25, 0.3) is 0 Å². The van der Waals surface area contributed by atoms with Crippen molar-refractivity contribution in [3.05, 3.63) is 210 Å². The summed E-state index contributed by atoms with van der Waals surface area (Å²) in [4.78, 5) is 137. The Kier molecular flexibility index (Phi) is 46.1. The minimum absolute atomic E-state index is 0. The number of carbonyl (C=O) groups excluding carboxylic acids is 8. The van der Waals surface area contributed by atoms with Crippen LogP contribution in [0.1, 0.15) is 151 Å². The summed E-state index contributed by atoms with van der Waals surface area (Å²) in [6, 6.07) is 47.5. The highest BCUT2D eigenvalue weighted by atomic mass is 35.5. The van der Waals surface area contributed by atoms with E-state index in [0.29, 0.717) is 60.6 Å². The van der Waals surface area contributed by atoms with E-state index in [1.54, 1.807) is 39.3 Å². The summed E-state index contributed by atoms with van der Waals surface area (Å²) in [5, 5.41) is 75.8. The number of methoxy groups -OCH3 is 6. The Morgan fingerprint density at radius 3 is 0.965 bits per heavy atom. The molecule has 5 unspecified atom stereocenters. The Hall–Kier alpha value is -14.6. The van der Waals surface area contributed by atoms with Crippen molar-refractivity contribution in [2.24, 2.45) is 58.6 Å². The Bertz CT molecular complexity index is 6330. The molecule has 758 valence electrons. The molecule has 0 aliphatic carbocycles. The van der Waals surface area contributed by atoms with Crippen LogP contribution < -0.4 is 42.6 Å². The first-order valence-corrected chi connectivity index (χ1v) is 45.4. The smallest absolute Gasteiger partial charge is 0.352 e. The van der Waals surface area contributed by atoms with Crippen LogP contribution in [0.4, 0.5) is 0 Å². The summed E-state index contributed by atoms with van der Waals surface area (Å²) < 4.78 is 29.7. The third kappa shape index (κ3) is 33.9. The predicted octanol–water partition coefficient (Wildman–Crippen LogP) is 13.4. The van der Waals surface area contributed by atoms with E-state index in [1.807, 2.05) is 200 Å². The van der Waals surface area contributed by atoms with Crippen molar-refractivity contribution in [3.63, 3.8) is 0 Å². The number of halogens is 2. The second-order valence-corrected chi connectivity index (χ2v) is 35.0. The van der Waals surface area contributed by atoms with E-state index in [1.165, 1.54) is 28.4 Å². The number of benzene rings is 7. The van der Waals surface area contributed by atoms with Crippen LogP contribution in [0, 0.1) is 41.4 Å². The number of aromatic amines is 7. The zero-order chi connectivity index (χ0) is 102. The summed E-state index contributed by atoms with van der Waals surface area (Å²) in [6.45, 7) is 19.8. The van der Waals surface area contributed by atoms with Crippen LogP contribution in [0.15, 0.2) is 170 Å². The number of carboxylic acids is 3. The fourth-order valence-electron chi connectivity index (χ4n) is 15.4. The number of ether oxygens (including phenoxy) is 6. The van der Waals surface area contributed by atoms with Crippen molar-refractivity contribution >= 4 is 166 Å². The maximum Gasteiger partial charge on any atom is 0.352 e. The number of aromatic nitrogens is 12. The molecule has 7 aromatic carbocycles. The van der Waals surface area contributed by atoms with Crippen molar-refractivity contribution in [3.8, 4) is 11.5 Å². The molecule has 9 atom stereocenters. The topological polar surface area (TPSA) is 593 Å². The number of aliphatic carboxylic acids is 2. The minimum Gasteiger partial charge on any atom is -0.496 e. The Balaban J connectivity index is 0.000000261. The lowest BCUT2D eigenvalue weighted by Crippen LogP contribution is -2.50. The van der Waals surface area contributed by atoms with Gasteiger partial charge >= 0.3 is 41.8 Å². The number of Topliss-reactive ketones (excluding diaryl/α,β-unsaturated/α-hetero) is 1. The molecule has 14 rings (SSSR count). The number of nitrogens with two attached hydrogens (primary N) is 3. The number of hydrogen-bond donors (Lipinski definition) is 16. The molecule has 0 fully saturated rings. The second-order valence-electron chi connectivity index (χ2n) is 35.0. The van der Waals surface area contributed by atoms with Crippen LogP contribution in [0.25, 0.3) is 76.3 Å². The molecule has 0 bridgehead atoms. The first kappa shape index (κ1) is 115. The number of hydrogen-bond acceptors (Lipinski definition) is 25. The molecule has 0 spiro atoms. The molecule has 0 aliphatic heterocycles. The van der Waals surface area contributed by atoms with Gasteiger partial charge in [0.05, 0.1) is 87.9 Å². The zero-order valence-corrected chi connectivity index (χ0v) is 83.4. The van der Waals surface area contributed by atoms with Crippen LogP contribution in [0.2, 0.25) is 0 Å². The molecule has 0 saturated carbocycles. The lowest BCUT2D eigenvalue weighted by atomic mass is 9.90. The third-order valence-electron chi connectivity index (χ3n) is 22.4. The van der Waals surface area contributed by atoms with Crippen LogP contribution in [0.3, 0.4) is 0 Å². The van der Waals surface area contributed by atoms with Crippen LogP contribution >= 0.6 is 24.8 Å². The third-order valence-corrected chi connectivity index (χ3v) is 22.4. The number of para-hydroxylation sites is 5. The minimum atomic E-state index is -1.01. The highest BCUT2D eigenvalue weighted by Crippen LogP contribution is 2.31. The van der Waals surface area contributed by atoms with Gasteiger partial charge in [-0.2, -0.15) is 25.5 Å². The number of amides is 3. The molecule has 3 amide bonds. The molecular weight excluding hydrogens is 1860 g/mol. The van der Waals surface area contributed by atoms with Gasteiger partial charge in [0.1, 0.15) is 47.4 Å². The average molecular weight is 1990 g/mol. The van der Waals surface area contributed by atoms with Gasteiger partial charge in [-0.15, -0.1) is 24.8 Å². The molecule has 40 heteroatoms. The van der Waals surface area contributed by atoms with Crippen LogP contribution in [-0.2, 0) is 94.2 Å². The summed E-state index contributed by atoms with van der Waals surface area (Å²) in [5.74, 6) is -3.95. The van der Waals surface area contributed by atoms with Crippen LogP contribution in [-0.4, -0.2) is 220 Å². The summed E-state index contributed by atoms with van der Waals surface area (Å²) >= 11 is 0. The van der Waals surface area contributed by atoms with Gasteiger partial charge in [-0.1, -0.05) is 172 Å². The summed E-state index contributed by atoms with van der Waals surface area (Å²) in [7, 11) is 8.36. The second kappa shape index (κ2) is 56.5. The fraction of sp³-hybridized carbons (Fsp3) is 0.386. The molecule has 7 heterocycles. The number of fused-ring (bicyclic) bond motifs is 7. The fourth-order valence-corrected chi connectivity index (χ4v) is 15.4. The molecule has 0 radical (unpaired) electrons. The average Bonchev–Trinajstić information content (AvgIpc) is 1.67. The number of rotatable bonds is 36. The predicted molar refractivity (Wildman–Crippen MR) is 542 cm³/mol. The molecule has 14 aromatic rings. The highest BCUT2D eigenvalue weighted by Gasteiger charge is 2.33. The van der Waals surface area contributed by atoms with E-state index in [-0.39, 0.29) is 97.4 Å². The van der Waals surface area contributed by atoms with Gasteiger partial charge < -0.3 is 86.9 Å². The zero-order valence-electron chi connectivity index (χ0n) is 81.8. The highest BCUT2D eigenvalue weighted by molar-refractivity contribution is 6.03. The van der Waals surface area contributed by atoms with Crippen molar-refractivity contribution in [2.45, 2.75) is 170 Å². The number of esters is 4. The monoisotopic (exact) mass is 1980 g/mol. The Morgan fingerprint density at radius 1 is 0.333 bits per heavy atom. The maximum absolute atomic E-state index is 13.4. The molecule has 0 saturated heterocycles. The quantitative estimate of drug-likeness (QED) is 0.00985. The van der Waals surface area contributed by atoms with Crippen molar-refractivity contribution < 1.29 is 96.5 Å². The number of aromatic carboxylic acids is 1. The standard InChI is InChI=1S/C28H32N4O5.C18H25N3O3.C17H24N4O3.C11H13N3O2.C10H11N3O2.C10H9NO3.C7H14O2.2ClH/c1-16(2)12-17(13-25(33)23-14-19-20(29-23)10-7-11-26(19)36-3)27(34)30-24(28(35)37-4)15-22-18-8-5-6-9-21(18)31-32-22;1-11(2)9-12(3)17(22)19-16(18(23)24-4)10-15-13-7-5-6-8-14(13)20-21-15;1-10(2)8-12(18)16(22)19-15(17(23)24-3)9-14-11-6-4-5-7-13(11)20-21-14;1-16-11(15)8(12)6-10-7-4-2-3-5-9(7)13-14-10;11-7(10(14)15)5-9-6-3-1-2-4-8(6)12-13-9;1-14-9-4-2-3-7-6(9)5-8(11-7)10(12)13;1-5(2)4-6(3)7(8)9;;/h5-11,14,16-17,24,29H,12-13,15H2,1-4H3,(H,30,34)(H,31,32);5-8,11-12,16H,9-10H2,1-4H3,(H,19,22)(H,20,21);4-7,10,12,15H,8-9,18H2,1-3H3,(H,19,22)(H,20,21);2-5,8H,6,12H2,1H3,(H,13,14);1-4,7H,5,11H2,(H,12,13)(H,14,15);2-5,11H,1H3,(H,12,13);5-6H,4H2,1-3H3,(H,8,9);2*1H/t17-,24?;12-,16?;12-,15?;;;;6-;;/m100...0../s1. The number of nitrogens with zero attached hydrogens (tertiary/aromatic N) is 5.